The fraction of sp³-hybridized carbons (Fsp3) is 0.300. The van der Waals surface area contributed by atoms with E-state index in [1.165, 1.54) is 0 Å². The third kappa shape index (κ3) is 4.13. The highest BCUT2D eigenvalue weighted by Crippen LogP contribution is 2.26. The highest BCUT2D eigenvalue weighted by molar-refractivity contribution is 5.75. The molecule has 0 radical (unpaired) electrons. The zero-order chi connectivity index (χ0) is 20.2. The van der Waals surface area contributed by atoms with E-state index in [1.54, 1.807) is 30.3 Å². The molecule has 1 aliphatic heterocycles. The maximum Gasteiger partial charge on any atom is 0.317 e. The van der Waals surface area contributed by atoms with Crippen molar-refractivity contribution in [1.82, 2.24) is 25.3 Å². The SMILES string of the molecule is COc1ccc(CCNC(=O)N2CC(c3nc(-c4ccc[nH]c4=O)no3)C2)cc1. The minimum absolute atomic E-state index is 0.0219. The van der Waals surface area contributed by atoms with Gasteiger partial charge in [-0.3, -0.25) is 4.79 Å². The smallest absolute Gasteiger partial charge is 0.317 e. The predicted octanol–water partition coefficient (Wildman–Crippen LogP) is 1.78. The van der Waals surface area contributed by atoms with Crippen LogP contribution in [0.5, 0.6) is 5.75 Å². The number of urea groups is 1. The molecule has 2 aromatic heterocycles. The van der Waals surface area contributed by atoms with E-state index >= 15 is 0 Å². The zero-order valence-electron chi connectivity index (χ0n) is 15.9. The number of hydrogen-bond donors (Lipinski definition) is 2. The van der Waals surface area contributed by atoms with E-state index in [2.05, 4.69) is 20.4 Å². The quantitative estimate of drug-likeness (QED) is 0.658. The largest absolute Gasteiger partial charge is 0.497 e. The minimum atomic E-state index is -0.272. The number of benzene rings is 1. The molecule has 1 aliphatic rings. The van der Waals surface area contributed by atoms with Crippen LogP contribution in [-0.2, 0) is 6.42 Å². The Labute approximate surface area is 166 Å². The lowest BCUT2D eigenvalue weighted by Crippen LogP contribution is -2.52. The Kier molecular flexibility index (Phi) is 5.28. The molecule has 2 amide bonds. The number of likely N-dealkylation sites (tertiary alicyclic amines) is 1. The summed E-state index contributed by atoms with van der Waals surface area (Å²) in [6, 6.07) is 11.0. The van der Waals surface area contributed by atoms with Crippen LogP contribution in [-0.4, -0.2) is 52.8 Å². The first-order valence-electron chi connectivity index (χ1n) is 9.31. The second-order valence-corrected chi connectivity index (χ2v) is 6.80. The fourth-order valence-corrected chi connectivity index (χ4v) is 3.13. The molecule has 0 spiro atoms. The molecule has 0 unspecified atom stereocenters. The number of methoxy groups -OCH3 is 1. The number of pyridine rings is 1. The first-order chi connectivity index (χ1) is 14.1. The topological polar surface area (TPSA) is 113 Å². The summed E-state index contributed by atoms with van der Waals surface area (Å²) in [6.07, 6.45) is 2.29. The van der Waals surface area contributed by atoms with Crippen molar-refractivity contribution in [3.05, 3.63) is 64.4 Å². The average molecular weight is 395 g/mol. The van der Waals surface area contributed by atoms with Crippen LogP contribution in [0.25, 0.3) is 11.4 Å². The number of rotatable bonds is 6. The van der Waals surface area contributed by atoms with E-state index in [1.807, 2.05) is 24.3 Å². The number of nitrogens with zero attached hydrogens (tertiary/aromatic N) is 3. The van der Waals surface area contributed by atoms with Crippen LogP contribution < -0.4 is 15.6 Å². The van der Waals surface area contributed by atoms with E-state index in [-0.39, 0.29) is 23.3 Å². The second kappa shape index (κ2) is 8.17. The van der Waals surface area contributed by atoms with E-state index in [0.717, 1.165) is 17.7 Å². The maximum atomic E-state index is 12.2. The van der Waals surface area contributed by atoms with Crippen LogP contribution in [0.2, 0.25) is 0 Å². The molecule has 2 N–H and O–H groups in total. The van der Waals surface area contributed by atoms with Crippen LogP contribution in [0.1, 0.15) is 17.4 Å². The Bertz CT molecular complexity index is 1040. The highest BCUT2D eigenvalue weighted by Gasteiger charge is 2.35. The molecule has 3 aromatic rings. The van der Waals surface area contributed by atoms with Gasteiger partial charge in [0.2, 0.25) is 11.7 Å². The van der Waals surface area contributed by atoms with Crippen LogP contribution in [0.15, 0.2) is 51.9 Å². The van der Waals surface area contributed by atoms with Crippen molar-refractivity contribution >= 4 is 6.03 Å². The fourth-order valence-electron chi connectivity index (χ4n) is 3.13. The number of carbonyl (C=O) groups excluding carboxylic acids is 1. The van der Waals surface area contributed by atoms with Gasteiger partial charge in [-0.25, -0.2) is 4.79 Å². The average Bonchev–Trinajstić information content (AvgIpc) is 3.17. The lowest BCUT2D eigenvalue weighted by atomic mass is 10.0. The van der Waals surface area contributed by atoms with Gasteiger partial charge < -0.3 is 24.5 Å². The summed E-state index contributed by atoms with van der Waals surface area (Å²) in [5, 5.41) is 6.80. The van der Waals surface area contributed by atoms with Gasteiger partial charge in [0.1, 0.15) is 5.75 Å². The van der Waals surface area contributed by atoms with Crippen molar-refractivity contribution in [3.8, 4) is 17.1 Å². The molecule has 0 aliphatic carbocycles. The van der Waals surface area contributed by atoms with Gasteiger partial charge in [0, 0.05) is 25.8 Å². The summed E-state index contributed by atoms with van der Waals surface area (Å²) in [5.74, 6) is 1.48. The number of hydrogen-bond acceptors (Lipinski definition) is 6. The third-order valence-corrected chi connectivity index (χ3v) is 4.87. The third-order valence-electron chi connectivity index (χ3n) is 4.87. The van der Waals surface area contributed by atoms with Crippen molar-refractivity contribution in [2.45, 2.75) is 12.3 Å². The van der Waals surface area contributed by atoms with Crippen molar-refractivity contribution < 1.29 is 14.1 Å². The van der Waals surface area contributed by atoms with Crippen molar-refractivity contribution in [1.29, 1.82) is 0 Å². The van der Waals surface area contributed by atoms with Crippen LogP contribution in [0.4, 0.5) is 4.79 Å². The van der Waals surface area contributed by atoms with Gasteiger partial charge in [-0.15, -0.1) is 0 Å². The van der Waals surface area contributed by atoms with E-state index in [4.69, 9.17) is 9.26 Å². The lowest BCUT2D eigenvalue weighted by molar-refractivity contribution is 0.137. The summed E-state index contributed by atoms with van der Waals surface area (Å²) < 4.78 is 10.4. The van der Waals surface area contributed by atoms with Gasteiger partial charge in [0.15, 0.2) is 0 Å². The molecule has 1 fully saturated rings. The molecule has 0 saturated carbocycles. The van der Waals surface area contributed by atoms with E-state index < -0.39 is 0 Å². The summed E-state index contributed by atoms with van der Waals surface area (Å²) in [7, 11) is 1.63. The van der Waals surface area contributed by atoms with Crippen LogP contribution >= 0.6 is 0 Å². The molecule has 1 aromatic carbocycles. The molecular weight excluding hydrogens is 374 g/mol. The van der Waals surface area contributed by atoms with Gasteiger partial charge in [-0.1, -0.05) is 17.3 Å². The number of amides is 2. The van der Waals surface area contributed by atoms with Crippen LogP contribution in [0.3, 0.4) is 0 Å². The lowest BCUT2D eigenvalue weighted by Gasteiger charge is -2.36. The minimum Gasteiger partial charge on any atom is -0.497 e. The Morgan fingerprint density at radius 1 is 1.31 bits per heavy atom. The number of nitrogens with one attached hydrogen (secondary N) is 2. The first-order valence-corrected chi connectivity index (χ1v) is 9.31. The zero-order valence-corrected chi connectivity index (χ0v) is 15.9. The summed E-state index contributed by atoms with van der Waals surface area (Å²) in [4.78, 5) is 32.6. The second-order valence-electron chi connectivity index (χ2n) is 6.80. The Morgan fingerprint density at radius 3 is 2.83 bits per heavy atom. The molecule has 29 heavy (non-hydrogen) atoms. The number of ether oxygens (including phenoxy) is 1. The van der Waals surface area contributed by atoms with E-state index in [9.17, 15) is 9.59 Å². The summed E-state index contributed by atoms with van der Waals surface area (Å²) >= 11 is 0. The van der Waals surface area contributed by atoms with Gasteiger partial charge in [0.05, 0.1) is 18.6 Å². The summed E-state index contributed by atoms with van der Waals surface area (Å²) in [6.45, 7) is 1.55. The molecule has 0 bridgehead atoms. The molecule has 4 rings (SSSR count). The van der Waals surface area contributed by atoms with E-state index in [0.29, 0.717) is 31.1 Å². The monoisotopic (exact) mass is 395 g/mol. The number of H-pyrrole nitrogens is 1. The Hall–Kier alpha value is -3.62. The number of carbonyl (C=O) groups is 1. The molecule has 3 heterocycles. The molecule has 9 heteroatoms. The molecule has 0 atom stereocenters. The molecule has 9 nitrogen and oxygen atoms in total. The Balaban J connectivity index is 1.25. The van der Waals surface area contributed by atoms with Crippen molar-refractivity contribution in [2.75, 3.05) is 26.7 Å². The normalized spacial score (nSPS) is 13.8. The standard InChI is InChI=1S/C20H21N5O4/c1-28-15-6-4-13(5-7-15)8-10-22-20(27)25-11-14(12-25)19-23-17(24-29-19)16-3-2-9-21-18(16)26/h2-7,9,14H,8,10-12H2,1H3,(H,21,26)(H,22,27). The maximum absolute atomic E-state index is 12.2. The van der Waals surface area contributed by atoms with Gasteiger partial charge in [-0.2, -0.15) is 4.98 Å². The first kappa shape index (κ1) is 18.7. The summed E-state index contributed by atoms with van der Waals surface area (Å²) in [5.41, 5.74) is 1.21. The predicted molar refractivity (Wildman–Crippen MR) is 105 cm³/mol. The van der Waals surface area contributed by atoms with Gasteiger partial charge in [-0.05, 0) is 36.2 Å². The van der Waals surface area contributed by atoms with Gasteiger partial charge in [0.25, 0.3) is 5.56 Å². The highest BCUT2D eigenvalue weighted by atomic mass is 16.5. The number of aromatic nitrogens is 3. The molecule has 150 valence electrons. The number of aromatic amines is 1. The molecular formula is C20H21N5O4. The van der Waals surface area contributed by atoms with Crippen molar-refractivity contribution in [3.63, 3.8) is 0 Å². The van der Waals surface area contributed by atoms with Crippen LogP contribution in [0, 0.1) is 0 Å². The van der Waals surface area contributed by atoms with Crippen molar-refractivity contribution in [2.24, 2.45) is 0 Å². The van der Waals surface area contributed by atoms with Gasteiger partial charge >= 0.3 is 6.03 Å². The molecule has 1 saturated heterocycles. The Morgan fingerprint density at radius 2 is 2.10 bits per heavy atom.